The summed E-state index contributed by atoms with van der Waals surface area (Å²) >= 11 is 1.44. The molecule has 5 nitrogen and oxygen atoms in total. The third-order valence-corrected chi connectivity index (χ3v) is 3.44. The summed E-state index contributed by atoms with van der Waals surface area (Å²) in [6, 6.07) is 0. The van der Waals surface area contributed by atoms with Gasteiger partial charge in [0.15, 0.2) is 0 Å². The van der Waals surface area contributed by atoms with Gasteiger partial charge in [-0.2, -0.15) is 4.37 Å². The van der Waals surface area contributed by atoms with Crippen molar-refractivity contribution in [3.63, 3.8) is 0 Å². The lowest BCUT2D eigenvalue weighted by Gasteiger charge is -2.22. The van der Waals surface area contributed by atoms with Crippen LogP contribution in [0.1, 0.15) is 24.6 Å². The maximum atomic E-state index is 5.54. The zero-order valence-electron chi connectivity index (χ0n) is 9.02. The molecule has 6 heteroatoms. The molecule has 2 aliphatic rings. The van der Waals surface area contributed by atoms with E-state index in [2.05, 4.69) is 14.7 Å². The lowest BCUT2D eigenvalue weighted by atomic mass is 10.3. The maximum absolute atomic E-state index is 5.54. The van der Waals surface area contributed by atoms with Gasteiger partial charge in [0.25, 0.3) is 0 Å². The highest BCUT2D eigenvalue weighted by atomic mass is 32.1. The number of nitrogens with zero attached hydrogens (tertiary/aromatic N) is 2. The van der Waals surface area contributed by atoms with Crippen LogP contribution in [0.5, 0.6) is 0 Å². The average Bonchev–Trinajstić information content (AvgIpc) is 3.08. The van der Waals surface area contributed by atoms with Crippen LogP contribution in [0.3, 0.4) is 0 Å². The smallest absolute Gasteiger partial charge is 0.202 e. The van der Waals surface area contributed by atoms with E-state index in [1.165, 1.54) is 24.4 Å². The zero-order chi connectivity index (χ0) is 10.8. The molecule has 0 amide bonds. The second-order valence-electron chi connectivity index (χ2n) is 4.18. The lowest BCUT2D eigenvalue weighted by molar-refractivity contribution is -0.0818. The van der Waals surface area contributed by atoms with Crippen LogP contribution in [0.4, 0.5) is 5.13 Å². The predicted molar refractivity (Wildman–Crippen MR) is 60.9 cm³/mol. The van der Waals surface area contributed by atoms with Gasteiger partial charge in [-0.3, -0.25) is 0 Å². The van der Waals surface area contributed by atoms with E-state index >= 15 is 0 Å². The molecule has 1 atom stereocenters. The van der Waals surface area contributed by atoms with Gasteiger partial charge >= 0.3 is 0 Å². The van der Waals surface area contributed by atoms with Crippen molar-refractivity contribution in [1.29, 1.82) is 0 Å². The summed E-state index contributed by atoms with van der Waals surface area (Å²) in [5, 5.41) is 4.16. The van der Waals surface area contributed by atoms with Gasteiger partial charge in [-0.25, -0.2) is 4.98 Å². The number of anilines is 1. The molecule has 1 aliphatic carbocycles. The fraction of sp³-hybridized carbons (Fsp3) is 0.800. The first-order chi connectivity index (χ1) is 7.92. The SMILES string of the molecule is C1COC(CNc2nc(C3CC3)ns2)CO1. The second kappa shape index (κ2) is 4.65. The summed E-state index contributed by atoms with van der Waals surface area (Å²) in [5.74, 6) is 1.63. The van der Waals surface area contributed by atoms with Crippen molar-refractivity contribution in [1.82, 2.24) is 9.36 Å². The molecule has 1 saturated carbocycles. The fourth-order valence-electron chi connectivity index (χ4n) is 1.67. The molecule has 0 radical (unpaired) electrons. The second-order valence-corrected chi connectivity index (χ2v) is 4.93. The summed E-state index contributed by atoms with van der Waals surface area (Å²) in [4.78, 5) is 4.46. The van der Waals surface area contributed by atoms with Crippen molar-refractivity contribution in [2.24, 2.45) is 0 Å². The first kappa shape index (κ1) is 10.4. The van der Waals surface area contributed by atoms with Crippen molar-refractivity contribution in [2.75, 3.05) is 31.7 Å². The molecule has 2 fully saturated rings. The van der Waals surface area contributed by atoms with Gasteiger partial charge in [-0.1, -0.05) is 0 Å². The van der Waals surface area contributed by atoms with E-state index in [0.717, 1.165) is 17.5 Å². The van der Waals surface area contributed by atoms with Crippen LogP contribution >= 0.6 is 11.5 Å². The van der Waals surface area contributed by atoms with Gasteiger partial charge < -0.3 is 14.8 Å². The number of aromatic nitrogens is 2. The number of ether oxygens (including phenoxy) is 2. The maximum Gasteiger partial charge on any atom is 0.202 e. The Bertz CT molecular complexity index is 348. The van der Waals surface area contributed by atoms with Gasteiger partial charge in [0, 0.05) is 24.0 Å². The molecular weight excluding hydrogens is 226 g/mol. The topological polar surface area (TPSA) is 56.3 Å². The Hall–Kier alpha value is -0.720. The van der Waals surface area contributed by atoms with E-state index in [1.54, 1.807) is 0 Å². The summed E-state index contributed by atoms with van der Waals surface area (Å²) in [5.41, 5.74) is 0. The minimum atomic E-state index is 0.141. The molecular formula is C10H15N3O2S. The largest absolute Gasteiger partial charge is 0.376 e. The number of rotatable bonds is 4. The predicted octanol–water partition coefficient (Wildman–Crippen LogP) is 1.24. The Morgan fingerprint density at radius 1 is 1.38 bits per heavy atom. The fourth-order valence-corrected chi connectivity index (χ4v) is 2.32. The molecule has 0 bridgehead atoms. The van der Waals surface area contributed by atoms with Crippen molar-refractivity contribution in [3.8, 4) is 0 Å². The van der Waals surface area contributed by atoms with Crippen molar-refractivity contribution in [2.45, 2.75) is 24.9 Å². The summed E-state index contributed by atoms with van der Waals surface area (Å²) in [7, 11) is 0. The molecule has 16 heavy (non-hydrogen) atoms. The van der Waals surface area contributed by atoms with Gasteiger partial charge in [-0.15, -0.1) is 0 Å². The van der Waals surface area contributed by atoms with Crippen molar-refractivity contribution in [3.05, 3.63) is 5.82 Å². The average molecular weight is 241 g/mol. The molecule has 1 aromatic heterocycles. The molecule has 88 valence electrons. The lowest BCUT2D eigenvalue weighted by Crippen LogP contribution is -2.34. The Kier molecular flexibility index (Phi) is 3.03. The molecule has 1 saturated heterocycles. The highest BCUT2D eigenvalue weighted by molar-refractivity contribution is 7.09. The molecule has 1 aromatic rings. The Labute approximate surface area is 98.3 Å². The summed E-state index contributed by atoms with van der Waals surface area (Å²) in [6.07, 6.45) is 2.63. The number of nitrogens with one attached hydrogen (secondary N) is 1. The van der Waals surface area contributed by atoms with Crippen molar-refractivity contribution >= 4 is 16.7 Å². The highest BCUT2D eigenvalue weighted by Crippen LogP contribution is 2.39. The van der Waals surface area contributed by atoms with Crippen LogP contribution in [0.25, 0.3) is 0 Å². The third-order valence-electron chi connectivity index (χ3n) is 2.75. The van der Waals surface area contributed by atoms with Crippen LogP contribution in [0, 0.1) is 0 Å². The molecule has 1 N–H and O–H groups in total. The minimum Gasteiger partial charge on any atom is -0.376 e. The van der Waals surface area contributed by atoms with E-state index in [9.17, 15) is 0 Å². The molecule has 1 aliphatic heterocycles. The summed E-state index contributed by atoms with van der Waals surface area (Å²) in [6.45, 7) is 2.82. The normalized spacial score (nSPS) is 25.6. The molecule has 1 unspecified atom stereocenters. The third kappa shape index (κ3) is 2.50. The van der Waals surface area contributed by atoms with E-state index in [4.69, 9.17) is 9.47 Å². The number of hydrogen-bond donors (Lipinski definition) is 1. The molecule has 0 aromatic carbocycles. The van der Waals surface area contributed by atoms with Gasteiger partial charge in [-0.05, 0) is 12.8 Å². The standard InChI is InChI=1S/C10H15N3O2S/c1-2-7(1)9-12-10(16-13-9)11-5-8-6-14-3-4-15-8/h7-8H,1-6H2,(H,11,12,13). The van der Waals surface area contributed by atoms with Crippen LogP contribution in [0.2, 0.25) is 0 Å². The first-order valence-electron chi connectivity index (χ1n) is 5.68. The van der Waals surface area contributed by atoms with Crippen LogP contribution in [-0.4, -0.2) is 41.8 Å². The van der Waals surface area contributed by atoms with E-state index in [0.29, 0.717) is 25.7 Å². The van der Waals surface area contributed by atoms with Gasteiger partial charge in [0.2, 0.25) is 5.13 Å². The van der Waals surface area contributed by atoms with Crippen LogP contribution in [-0.2, 0) is 9.47 Å². The summed E-state index contributed by atoms with van der Waals surface area (Å²) < 4.78 is 15.2. The Morgan fingerprint density at radius 2 is 2.31 bits per heavy atom. The molecule has 2 heterocycles. The highest BCUT2D eigenvalue weighted by Gasteiger charge is 2.27. The van der Waals surface area contributed by atoms with Gasteiger partial charge in [0.1, 0.15) is 5.82 Å². The van der Waals surface area contributed by atoms with Crippen LogP contribution in [0.15, 0.2) is 0 Å². The van der Waals surface area contributed by atoms with E-state index in [-0.39, 0.29) is 6.10 Å². The van der Waals surface area contributed by atoms with E-state index in [1.807, 2.05) is 0 Å². The zero-order valence-corrected chi connectivity index (χ0v) is 9.83. The monoisotopic (exact) mass is 241 g/mol. The Morgan fingerprint density at radius 3 is 3.06 bits per heavy atom. The quantitative estimate of drug-likeness (QED) is 0.859. The first-order valence-corrected chi connectivity index (χ1v) is 6.46. The number of hydrogen-bond acceptors (Lipinski definition) is 6. The minimum absolute atomic E-state index is 0.141. The van der Waals surface area contributed by atoms with Gasteiger partial charge in [0.05, 0.1) is 25.9 Å². The Balaban J connectivity index is 1.49. The van der Waals surface area contributed by atoms with Crippen molar-refractivity contribution < 1.29 is 9.47 Å². The van der Waals surface area contributed by atoms with E-state index < -0.39 is 0 Å². The molecule has 0 spiro atoms. The van der Waals surface area contributed by atoms with Crippen LogP contribution < -0.4 is 5.32 Å². The molecule has 3 rings (SSSR count).